The van der Waals surface area contributed by atoms with Crippen molar-refractivity contribution in [2.24, 2.45) is 0 Å². The van der Waals surface area contributed by atoms with Gasteiger partial charge in [-0.15, -0.1) is 0 Å². The first-order valence-corrected chi connectivity index (χ1v) is 8.37. The molecule has 5 nitrogen and oxygen atoms in total. The second-order valence-electron chi connectivity index (χ2n) is 6.47. The third kappa shape index (κ3) is 4.93. The smallest absolute Gasteiger partial charge is 0.103 e. The van der Waals surface area contributed by atoms with Crippen LogP contribution in [0.15, 0.2) is 0 Å². The van der Waals surface area contributed by atoms with Gasteiger partial charge in [0, 0.05) is 25.7 Å². The fraction of sp³-hybridized carbons (Fsp3) is 0.938. The molecule has 1 N–H and O–H groups in total. The van der Waals surface area contributed by atoms with Gasteiger partial charge in [0.15, 0.2) is 0 Å². The third-order valence-electron chi connectivity index (χ3n) is 4.77. The SMILES string of the molecule is CCNC(C)(C#N)CCCN1CCC(N2CCOCC2)C1. The van der Waals surface area contributed by atoms with Gasteiger partial charge in [0.1, 0.15) is 5.54 Å². The Balaban J connectivity index is 1.67. The summed E-state index contributed by atoms with van der Waals surface area (Å²) in [5.41, 5.74) is -0.363. The van der Waals surface area contributed by atoms with E-state index < -0.39 is 0 Å². The topological polar surface area (TPSA) is 51.5 Å². The van der Waals surface area contributed by atoms with Crippen LogP contribution in [0.5, 0.6) is 0 Å². The Labute approximate surface area is 129 Å². The van der Waals surface area contributed by atoms with Crippen molar-refractivity contribution in [1.82, 2.24) is 15.1 Å². The minimum atomic E-state index is -0.363. The van der Waals surface area contributed by atoms with E-state index in [1.807, 2.05) is 6.92 Å². The molecule has 0 saturated carbocycles. The molecule has 0 amide bonds. The van der Waals surface area contributed by atoms with Crippen molar-refractivity contribution < 1.29 is 4.74 Å². The number of nitrogens with zero attached hydrogens (tertiary/aromatic N) is 3. The second kappa shape index (κ2) is 8.09. The highest BCUT2D eigenvalue weighted by atomic mass is 16.5. The zero-order chi connectivity index (χ0) is 15.1. The summed E-state index contributed by atoms with van der Waals surface area (Å²) in [6, 6.07) is 3.13. The summed E-state index contributed by atoms with van der Waals surface area (Å²) >= 11 is 0. The number of nitriles is 1. The van der Waals surface area contributed by atoms with Crippen LogP contribution in [-0.4, -0.2) is 73.9 Å². The monoisotopic (exact) mass is 294 g/mol. The molecule has 2 rings (SSSR count). The zero-order valence-electron chi connectivity index (χ0n) is 13.6. The summed E-state index contributed by atoms with van der Waals surface area (Å²) in [5, 5.41) is 12.6. The van der Waals surface area contributed by atoms with Gasteiger partial charge in [0.2, 0.25) is 0 Å². The van der Waals surface area contributed by atoms with Gasteiger partial charge in [0.25, 0.3) is 0 Å². The van der Waals surface area contributed by atoms with Gasteiger partial charge in [-0.25, -0.2) is 0 Å². The molecule has 0 radical (unpaired) electrons. The Morgan fingerprint density at radius 2 is 2.10 bits per heavy atom. The lowest BCUT2D eigenvalue weighted by Gasteiger charge is -2.32. The van der Waals surface area contributed by atoms with Crippen LogP contribution in [0, 0.1) is 11.3 Å². The number of hydrogen-bond acceptors (Lipinski definition) is 5. The van der Waals surface area contributed by atoms with Crippen molar-refractivity contribution in [3.05, 3.63) is 0 Å². The third-order valence-corrected chi connectivity index (χ3v) is 4.77. The fourth-order valence-electron chi connectivity index (χ4n) is 3.49. The lowest BCUT2D eigenvalue weighted by molar-refractivity contribution is 0.0185. The van der Waals surface area contributed by atoms with E-state index in [2.05, 4.69) is 28.1 Å². The molecule has 2 heterocycles. The number of morpholine rings is 1. The van der Waals surface area contributed by atoms with Crippen LogP contribution in [-0.2, 0) is 4.74 Å². The van der Waals surface area contributed by atoms with Crippen LogP contribution >= 0.6 is 0 Å². The van der Waals surface area contributed by atoms with Crippen LogP contribution in [0.2, 0.25) is 0 Å². The summed E-state index contributed by atoms with van der Waals surface area (Å²) in [6.07, 6.45) is 3.30. The van der Waals surface area contributed by atoms with E-state index in [0.29, 0.717) is 6.04 Å². The van der Waals surface area contributed by atoms with Gasteiger partial charge in [0.05, 0.1) is 19.3 Å². The van der Waals surface area contributed by atoms with E-state index in [4.69, 9.17) is 4.74 Å². The number of likely N-dealkylation sites (tertiary alicyclic amines) is 1. The van der Waals surface area contributed by atoms with Crippen LogP contribution in [0.1, 0.15) is 33.1 Å². The maximum atomic E-state index is 9.28. The highest BCUT2D eigenvalue weighted by molar-refractivity contribution is 5.03. The first kappa shape index (κ1) is 16.7. The molecule has 2 aliphatic heterocycles. The predicted octanol–water partition coefficient (Wildman–Crippen LogP) is 1.06. The average Bonchev–Trinajstić information content (AvgIpc) is 2.97. The van der Waals surface area contributed by atoms with Gasteiger partial charge in [-0.3, -0.25) is 10.2 Å². The molecule has 2 unspecified atom stereocenters. The van der Waals surface area contributed by atoms with E-state index in [0.717, 1.165) is 52.2 Å². The largest absolute Gasteiger partial charge is 0.379 e. The van der Waals surface area contributed by atoms with Crippen LogP contribution in [0.25, 0.3) is 0 Å². The second-order valence-corrected chi connectivity index (χ2v) is 6.47. The maximum absolute atomic E-state index is 9.28. The first-order chi connectivity index (χ1) is 10.2. The van der Waals surface area contributed by atoms with E-state index in [-0.39, 0.29) is 5.54 Å². The Kier molecular flexibility index (Phi) is 6.43. The molecule has 2 fully saturated rings. The molecule has 0 bridgehead atoms. The molecule has 5 heteroatoms. The summed E-state index contributed by atoms with van der Waals surface area (Å²) in [6.45, 7) is 12.4. The summed E-state index contributed by atoms with van der Waals surface area (Å²) in [4.78, 5) is 5.14. The highest BCUT2D eigenvalue weighted by Crippen LogP contribution is 2.18. The summed E-state index contributed by atoms with van der Waals surface area (Å²) < 4.78 is 5.43. The molecule has 2 saturated heterocycles. The van der Waals surface area contributed by atoms with Crippen molar-refractivity contribution in [3.63, 3.8) is 0 Å². The Morgan fingerprint density at radius 3 is 2.76 bits per heavy atom. The molecule has 0 aromatic rings. The minimum absolute atomic E-state index is 0.363. The predicted molar refractivity (Wildman–Crippen MR) is 84.2 cm³/mol. The first-order valence-electron chi connectivity index (χ1n) is 8.37. The van der Waals surface area contributed by atoms with E-state index in [1.165, 1.54) is 19.5 Å². The lowest BCUT2D eigenvalue weighted by Crippen LogP contribution is -2.45. The fourth-order valence-corrected chi connectivity index (χ4v) is 3.49. The van der Waals surface area contributed by atoms with Crippen molar-refractivity contribution in [1.29, 1.82) is 5.26 Å². The molecule has 2 atom stereocenters. The molecule has 0 aromatic carbocycles. The van der Waals surface area contributed by atoms with Gasteiger partial charge in [-0.05, 0) is 45.8 Å². The molecule has 0 aliphatic carbocycles. The molecule has 0 spiro atoms. The van der Waals surface area contributed by atoms with Crippen LogP contribution in [0.4, 0.5) is 0 Å². The average molecular weight is 294 g/mol. The summed E-state index contributed by atoms with van der Waals surface area (Å²) in [7, 11) is 0. The molecule has 0 aromatic heterocycles. The van der Waals surface area contributed by atoms with E-state index in [1.54, 1.807) is 0 Å². The normalized spacial score (nSPS) is 27.4. The van der Waals surface area contributed by atoms with Crippen molar-refractivity contribution in [2.75, 3.05) is 52.5 Å². The molecular weight excluding hydrogens is 264 g/mol. The van der Waals surface area contributed by atoms with Gasteiger partial charge >= 0.3 is 0 Å². The molecule has 2 aliphatic rings. The van der Waals surface area contributed by atoms with Gasteiger partial charge in [-0.1, -0.05) is 6.92 Å². The van der Waals surface area contributed by atoms with Crippen molar-refractivity contribution >= 4 is 0 Å². The van der Waals surface area contributed by atoms with E-state index in [9.17, 15) is 5.26 Å². The van der Waals surface area contributed by atoms with Crippen LogP contribution < -0.4 is 5.32 Å². The number of nitrogens with one attached hydrogen (secondary N) is 1. The van der Waals surface area contributed by atoms with Gasteiger partial charge < -0.3 is 9.64 Å². The highest BCUT2D eigenvalue weighted by Gasteiger charge is 2.29. The number of ether oxygens (including phenoxy) is 1. The molecule has 21 heavy (non-hydrogen) atoms. The van der Waals surface area contributed by atoms with Crippen LogP contribution in [0.3, 0.4) is 0 Å². The zero-order valence-corrected chi connectivity index (χ0v) is 13.6. The Hall–Kier alpha value is -0.670. The molecular formula is C16H30N4O. The minimum Gasteiger partial charge on any atom is -0.379 e. The Bertz CT molecular complexity index is 351. The Morgan fingerprint density at radius 1 is 1.33 bits per heavy atom. The standard InChI is InChI=1S/C16H30N4O/c1-3-18-16(2,14-17)6-4-7-19-8-5-15(13-19)20-9-11-21-12-10-20/h15,18H,3-13H2,1-2H3. The lowest BCUT2D eigenvalue weighted by atomic mass is 9.97. The molecule has 120 valence electrons. The number of hydrogen-bond donors (Lipinski definition) is 1. The summed E-state index contributed by atoms with van der Waals surface area (Å²) in [5.74, 6) is 0. The van der Waals surface area contributed by atoms with Crippen molar-refractivity contribution in [2.45, 2.75) is 44.7 Å². The quantitative estimate of drug-likeness (QED) is 0.761. The van der Waals surface area contributed by atoms with Crippen molar-refractivity contribution in [3.8, 4) is 6.07 Å². The maximum Gasteiger partial charge on any atom is 0.103 e. The number of rotatable bonds is 7. The van der Waals surface area contributed by atoms with E-state index >= 15 is 0 Å². The van der Waals surface area contributed by atoms with Gasteiger partial charge in [-0.2, -0.15) is 5.26 Å².